The quantitative estimate of drug-likeness (QED) is 0.395. The zero-order chi connectivity index (χ0) is 31.2. The van der Waals surface area contributed by atoms with Gasteiger partial charge in [-0.3, -0.25) is 14.4 Å². The summed E-state index contributed by atoms with van der Waals surface area (Å²) in [5.41, 5.74) is 2.74. The molecule has 3 aromatic rings. The van der Waals surface area contributed by atoms with Gasteiger partial charge in [0.25, 0.3) is 0 Å². The smallest absolute Gasteiger partial charge is 0.247 e. The Balaban J connectivity index is 1.34. The van der Waals surface area contributed by atoms with Crippen molar-refractivity contribution in [2.45, 2.75) is 41.5 Å². The Kier molecular flexibility index (Phi) is 7.66. The van der Waals surface area contributed by atoms with Gasteiger partial charge in [-0.25, -0.2) is 0 Å². The molecular formula is C37H37N3O4S. The van der Waals surface area contributed by atoms with Gasteiger partial charge in [-0.15, -0.1) is 11.8 Å². The molecule has 45 heavy (non-hydrogen) atoms. The van der Waals surface area contributed by atoms with Crippen LogP contribution in [0.2, 0.25) is 0 Å². The minimum absolute atomic E-state index is 0.119. The van der Waals surface area contributed by atoms with Gasteiger partial charge in [-0.05, 0) is 36.6 Å². The monoisotopic (exact) mass is 619 g/mol. The Hall–Kier alpha value is -4.14. The minimum Gasteiger partial charge on any atom is -0.394 e. The molecule has 0 aromatic heterocycles. The van der Waals surface area contributed by atoms with Crippen molar-refractivity contribution in [3.8, 4) is 0 Å². The van der Waals surface area contributed by atoms with E-state index < -0.39 is 33.4 Å². The van der Waals surface area contributed by atoms with Crippen molar-refractivity contribution >= 4 is 35.2 Å². The first-order valence-electron chi connectivity index (χ1n) is 15.6. The first-order valence-corrected chi connectivity index (χ1v) is 16.4. The highest BCUT2D eigenvalue weighted by atomic mass is 32.2. The Bertz CT molecular complexity index is 1650. The summed E-state index contributed by atoms with van der Waals surface area (Å²) >= 11 is 1.57. The van der Waals surface area contributed by atoms with Gasteiger partial charge < -0.3 is 19.8 Å². The van der Waals surface area contributed by atoms with E-state index in [2.05, 4.69) is 6.08 Å². The summed E-state index contributed by atoms with van der Waals surface area (Å²) in [6.45, 7) is 2.93. The molecule has 0 aliphatic carbocycles. The van der Waals surface area contributed by atoms with E-state index in [0.29, 0.717) is 26.1 Å². The van der Waals surface area contributed by atoms with Crippen molar-refractivity contribution in [1.82, 2.24) is 9.80 Å². The molecule has 3 amide bonds. The number of fused-ring (bicyclic) bond motifs is 2. The van der Waals surface area contributed by atoms with Gasteiger partial charge in [0, 0.05) is 30.1 Å². The maximum absolute atomic E-state index is 15.0. The zero-order valence-corrected chi connectivity index (χ0v) is 26.1. The van der Waals surface area contributed by atoms with Crippen molar-refractivity contribution in [3.05, 3.63) is 126 Å². The Morgan fingerprint density at radius 2 is 1.40 bits per heavy atom. The van der Waals surface area contributed by atoms with E-state index in [-0.39, 0.29) is 24.3 Å². The largest absolute Gasteiger partial charge is 0.394 e. The third-order valence-corrected chi connectivity index (χ3v) is 11.6. The molecule has 6 atom stereocenters. The summed E-state index contributed by atoms with van der Waals surface area (Å²) in [4.78, 5) is 49.6. The molecule has 0 bridgehead atoms. The van der Waals surface area contributed by atoms with Crippen molar-refractivity contribution in [2.75, 3.05) is 24.6 Å². The second-order valence-electron chi connectivity index (χ2n) is 12.6. The number of carbonyl (C=O) groups is 3. The minimum atomic E-state index is -0.983. The normalized spacial score (nSPS) is 29.7. The number of hydrogen-bond acceptors (Lipinski definition) is 5. The Morgan fingerprint density at radius 1 is 0.778 bits per heavy atom. The highest BCUT2D eigenvalue weighted by molar-refractivity contribution is 8.02. The molecule has 1 N–H and O–H groups in total. The SMILES string of the molecule is C[C@@]12C=CCN(c3ccccc3)C(=O)[C@@H]1[C@H]1C(=O)N([C@@H](CO)Cc3ccccc3)C3C(=O)N(Cc4ccccc4)CC=C[C@@]31S2. The highest BCUT2D eigenvalue weighted by Gasteiger charge is 2.74. The van der Waals surface area contributed by atoms with Crippen LogP contribution in [-0.4, -0.2) is 73.9 Å². The number of nitrogens with zero attached hydrogens (tertiary/aromatic N) is 3. The van der Waals surface area contributed by atoms with E-state index in [4.69, 9.17) is 0 Å². The van der Waals surface area contributed by atoms with Gasteiger partial charge in [0.05, 0.1) is 29.2 Å². The molecule has 2 fully saturated rings. The summed E-state index contributed by atoms with van der Waals surface area (Å²) in [5, 5.41) is 10.8. The molecule has 230 valence electrons. The molecule has 7 nitrogen and oxygen atoms in total. The number of para-hydroxylation sites is 1. The summed E-state index contributed by atoms with van der Waals surface area (Å²) in [5.74, 6) is -1.99. The lowest BCUT2D eigenvalue weighted by Crippen LogP contribution is -2.57. The van der Waals surface area contributed by atoms with E-state index >= 15 is 0 Å². The van der Waals surface area contributed by atoms with Crippen LogP contribution < -0.4 is 4.90 Å². The number of aliphatic hydroxyl groups is 1. The number of amides is 3. The number of hydrogen-bond donors (Lipinski definition) is 1. The number of rotatable bonds is 7. The molecule has 4 heterocycles. The zero-order valence-electron chi connectivity index (χ0n) is 25.2. The lowest BCUT2D eigenvalue weighted by Gasteiger charge is -2.40. The van der Waals surface area contributed by atoms with Gasteiger partial charge in [0.1, 0.15) is 6.04 Å². The Morgan fingerprint density at radius 3 is 2.07 bits per heavy atom. The first-order chi connectivity index (χ1) is 21.9. The molecule has 7 rings (SSSR count). The summed E-state index contributed by atoms with van der Waals surface area (Å²) in [6.07, 6.45) is 8.53. The van der Waals surface area contributed by atoms with E-state index in [9.17, 15) is 19.5 Å². The number of likely N-dealkylation sites (tertiary alicyclic amines) is 1. The van der Waals surface area contributed by atoms with Crippen LogP contribution in [0.25, 0.3) is 0 Å². The predicted octanol–water partition coefficient (Wildman–Crippen LogP) is 4.48. The first kappa shape index (κ1) is 29.6. The molecule has 1 spiro atoms. The van der Waals surface area contributed by atoms with Crippen LogP contribution >= 0.6 is 11.8 Å². The second-order valence-corrected chi connectivity index (χ2v) is 14.4. The molecular weight excluding hydrogens is 582 g/mol. The molecule has 0 saturated carbocycles. The average Bonchev–Trinajstić information content (AvgIpc) is 3.34. The third-order valence-electron chi connectivity index (χ3n) is 9.78. The number of anilines is 1. The van der Waals surface area contributed by atoms with Crippen molar-refractivity contribution in [3.63, 3.8) is 0 Å². The van der Waals surface area contributed by atoms with Crippen molar-refractivity contribution in [1.29, 1.82) is 0 Å². The summed E-state index contributed by atoms with van der Waals surface area (Å²) < 4.78 is -1.69. The topological polar surface area (TPSA) is 81.2 Å². The van der Waals surface area contributed by atoms with Gasteiger partial charge in [0.15, 0.2) is 0 Å². The predicted molar refractivity (Wildman–Crippen MR) is 176 cm³/mol. The van der Waals surface area contributed by atoms with Crippen molar-refractivity contribution in [2.24, 2.45) is 11.8 Å². The van der Waals surface area contributed by atoms with Crippen molar-refractivity contribution < 1.29 is 19.5 Å². The fourth-order valence-corrected chi connectivity index (χ4v) is 9.97. The second kappa shape index (κ2) is 11.7. The van der Waals surface area contributed by atoms with Crippen LogP contribution in [0.15, 0.2) is 115 Å². The lowest BCUT2D eigenvalue weighted by atomic mass is 9.74. The molecule has 4 aliphatic heterocycles. The van der Waals surface area contributed by atoms with Gasteiger partial charge in [-0.2, -0.15) is 0 Å². The Labute approximate surface area is 268 Å². The van der Waals surface area contributed by atoms with Crippen LogP contribution in [0.3, 0.4) is 0 Å². The van der Waals surface area contributed by atoms with E-state index in [1.807, 2.05) is 116 Å². The molecule has 8 heteroatoms. The van der Waals surface area contributed by atoms with Gasteiger partial charge in [-0.1, -0.05) is 103 Å². The lowest BCUT2D eigenvalue weighted by molar-refractivity contribution is -0.146. The summed E-state index contributed by atoms with van der Waals surface area (Å²) in [6, 6.07) is 27.6. The highest BCUT2D eigenvalue weighted by Crippen LogP contribution is 2.66. The molecule has 0 radical (unpaired) electrons. The van der Waals surface area contributed by atoms with E-state index in [0.717, 1.165) is 16.8 Å². The fraction of sp³-hybridized carbons (Fsp3) is 0.324. The number of aliphatic hydroxyl groups excluding tert-OH is 1. The summed E-state index contributed by atoms with van der Waals surface area (Å²) in [7, 11) is 0. The fourth-order valence-electron chi connectivity index (χ4n) is 7.82. The van der Waals surface area contributed by atoms with E-state index in [1.165, 1.54) is 0 Å². The third kappa shape index (κ3) is 4.91. The maximum atomic E-state index is 15.0. The van der Waals surface area contributed by atoms with Crippen LogP contribution in [0, 0.1) is 11.8 Å². The van der Waals surface area contributed by atoms with Gasteiger partial charge >= 0.3 is 0 Å². The average molecular weight is 620 g/mol. The molecule has 4 aliphatic rings. The van der Waals surface area contributed by atoms with E-state index in [1.54, 1.807) is 26.5 Å². The molecule has 1 unspecified atom stereocenters. The van der Waals surface area contributed by atoms with Crippen LogP contribution in [0.1, 0.15) is 18.1 Å². The van der Waals surface area contributed by atoms with Crippen LogP contribution in [-0.2, 0) is 27.3 Å². The van der Waals surface area contributed by atoms with Gasteiger partial charge in [0.2, 0.25) is 17.7 Å². The number of benzene rings is 3. The molecule has 2 saturated heterocycles. The standard InChI is InChI=1S/C37H37N3O4S/c1-36-19-11-22-39(28-17-9-4-10-18-28)33(42)30(36)31-34(43)40(29(25-41)23-26-13-5-2-6-14-26)32-35(44)38(21-12-20-37(31,32)45-36)24-27-15-7-3-8-16-27/h2-20,29-32,41H,21-25H2,1H3/t29-,30+,31+,32?,36-,37+/m1/s1. The number of carbonyl (C=O) groups excluding carboxylic acids is 3. The van der Waals surface area contributed by atoms with Crippen LogP contribution in [0.4, 0.5) is 5.69 Å². The maximum Gasteiger partial charge on any atom is 0.247 e. The van der Waals surface area contributed by atoms with Crippen LogP contribution in [0.5, 0.6) is 0 Å². The molecule has 3 aromatic carbocycles. The number of thioether (sulfide) groups is 1.